The summed E-state index contributed by atoms with van der Waals surface area (Å²) in [6, 6.07) is 22.0. The van der Waals surface area contributed by atoms with Crippen LogP contribution in [0.1, 0.15) is 25.0 Å². The lowest BCUT2D eigenvalue weighted by molar-refractivity contribution is -0.122. The Labute approximate surface area is 188 Å². The molecule has 0 saturated heterocycles. The van der Waals surface area contributed by atoms with E-state index in [-0.39, 0.29) is 11.8 Å². The summed E-state index contributed by atoms with van der Waals surface area (Å²) in [7, 11) is 0. The second kappa shape index (κ2) is 10.5. The number of nitrogens with one attached hydrogen (secondary N) is 2. The van der Waals surface area contributed by atoms with Crippen LogP contribution in [0.4, 0.5) is 11.4 Å². The van der Waals surface area contributed by atoms with E-state index in [4.69, 9.17) is 9.47 Å². The largest absolute Gasteiger partial charge is 0.481 e. The van der Waals surface area contributed by atoms with Crippen LogP contribution >= 0.6 is 0 Å². The maximum atomic E-state index is 12.7. The highest BCUT2D eigenvalue weighted by Crippen LogP contribution is 2.23. The van der Waals surface area contributed by atoms with Gasteiger partial charge in [-0.05, 0) is 64.1 Å². The van der Waals surface area contributed by atoms with Gasteiger partial charge in [-0.3, -0.25) is 9.59 Å². The molecule has 3 rings (SSSR count). The van der Waals surface area contributed by atoms with E-state index in [1.165, 1.54) is 0 Å². The van der Waals surface area contributed by atoms with Gasteiger partial charge in [0.25, 0.3) is 11.8 Å². The standard InChI is InChI=1S/C26H28N2O4/c1-17-9-13-21(14-10-17)31-19(3)25(29)27-23-7-5-6-8-24(23)28-26(30)20(4)32-22-15-11-18(2)12-16-22/h5-16,19-20H,1-4H3,(H,27,29)(H,28,30). The molecule has 6 heteroatoms. The molecule has 2 unspecified atom stereocenters. The van der Waals surface area contributed by atoms with E-state index in [0.29, 0.717) is 22.9 Å². The van der Waals surface area contributed by atoms with Crippen LogP contribution < -0.4 is 20.1 Å². The lowest BCUT2D eigenvalue weighted by Crippen LogP contribution is -2.32. The molecule has 0 aliphatic carbocycles. The zero-order chi connectivity index (χ0) is 23.1. The van der Waals surface area contributed by atoms with E-state index in [1.807, 2.05) is 62.4 Å². The number of benzene rings is 3. The second-order valence-electron chi connectivity index (χ2n) is 7.67. The second-order valence-corrected chi connectivity index (χ2v) is 7.67. The molecule has 6 nitrogen and oxygen atoms in total. The molecule has 32 heavy (non-hydrogen) atoms. The monoisotopic (exact) mass is 432 g/mol. The highest BCUT2D eigenvalue weighted by molar-refractivity contribution is 6.02. The number of hydrogen-bond donors (Lipinski definition) is 2. The van der Waals surface area contributed by atoms with Gasteiger partial charge >= 0.3 is 0 Å². The molecule has 2 N–H and O–H groups in total. The number of anilines is 2. The molecule has 0 radical (unpaired) electrons. The number of aryl methyl sites for hydroxylation is 2. The molecule has 3 aromatic rings. The van der Waals surface area contributed by atoms with Gasteiger partial charge in [0.2, 0.25) is 0 Å². The van der Waals surface area contributed by atoms with Gasteiger partial charge in [0.05, 0.1) is 11.4 Å². The third-order valence-corrected chi connectivity index (χ3v) is 4.85. The number of carbonyl (C=O) groups excluding carboxylic acids is 2. The third kappa shape index (κ3) is 6.35. The van der Waals surface area contributed by atoms with Crippen LogP contribution in [0.2, 0.25) is 0 Å². The molecular formula is C26H28N2O4. The Morgan fingerprint density at radius 1 is 0.625 bits per heavy atom. The molecule has 2 atom stereocenters. The zero-order valence-corrected chi connectivity index (χ0v) is 18.7. The first-order chi connectivity index (χ1) is 15.3. The van der Waals surface area contributed by atoms with Gasteiger partial charge < -0.3 is 20.1 Å². The number of hydrogen-bond acceptors (Lipinski definition) is 4. The number of amides is 2. The van der Waals surface area contributed by atoms with Crippen molar-refractivity contribution in [1.29, 1.82) is 0 Å². The number of rotatable bonds is 8. The number of para-hydroxylation sites is 2. The minimum atomic E-state index is -0.717. The maximum Gasteiger partial charge on any atom is 0.265 e. The Morgan fingerprint density at radius 3 is 1.31 bits per heavy atom. The van der Waals surface area contributed by atoms with Gasteiger partial charge in [-0.1, -0.05) is 47.5 Å². The van der Waals surface area contributed by atoms with Crippen molar-refractivity contribution in [3.8, 4) is 11.5 Å². The lowest BCUT2D eigenvalue weighted by Gasteiger charge is -2.18. The molecule has 2 amide bonds. The fourth-order valence-electron chi connectivity index (χ4n) is 2.92. The molecule has 0 saturated carbocycles. The molecule has 0 aliphatic heterocycles. The SMILES string of the molecule is Cc1ccc(OC(C)C(=O)Nc2ccccc2NC(=O)C(C)Oc2ccc(C)cc2)cc1. The molecule has 3 aromatic carbocycles. The average Bonchev–Trinajstić information content (AvgIpc) is 2.78. The lowest BCUT2D eigenvalue weighted by atomic mass is 10.2. The smallest absolute Gasteiger partial charge is 0.265 e. The molecule has 0 bridgehead atoms. The molecule has 0 aliphatic rings. The first-order valence-corrected chi connectivity index (χ1v) is 10.5. The van der Waals surface area contributed by atoms with Gasteiger partial charge in [-0.25, -0.2) is 0 Å². The fraction of sp³-hybridized carbons (Fsp3) is 0.231. The predicted molar refractivity (Wildman–Crippen MR) is 126 cm³/mol. The molecule has 0 aromatic heterocycles. The number of carbonyl (C=O) groups is 2. The maximum absolute atomic E-state index is 12.7. The summed E-state index contributed by atoms with van der Waals surface area (Å²) in [6.45, 7) is 7.32. The van der Waals surface area contributed by atoms with Crippen molar-refractivity contribution in [2.45, 2.75) is 39.9 Å². The van der Waals surface area contributed by atoms with Crippen LogP contribution in [0, 0.1) is 13.8 Å². The quantitative estimate of drug-likeness (QED) is 0.518. The summed E-state index contributed by atoms with van der Waals surface area (Å²) in [5, 5.41) is 5.65. The Hall–Kier alpha value is -3.80. The Balaban J connectivity index is 1.61. The van der Waals surface area contributed by atoms with E-state index in [9.17, 15) is 9.59 Å². The first kappa shape index (κ1) is 22.9. The first-order valence-electron chi connectivity index (χ1n) is 10.5. The van der Waals surface area contributed by atoms with Crippen molar-refractivity contribution in [1.82, 2.24) is 0 Å². The van der Waals surface area contributed by atoms with E-state index < -0.39 is 12.2 Å². The van der Waals surface area contributed by atoms with Gasteiger partial charge in [-0.15, -0.1) is 0 Å². The van der Waals surface area contributed by atoms with Crippen LogP contribution in [-0.2, 0) is 9.59 Å². The summed E-state index contributed by atoms with van der Waals surface area (Å²) in [4.78, 5) is 25.3. The minimum Gasteiger partial charge on any atom is -0.481 e. The van der Waals surface area contributed by atoms with Crippen LogP contribution in [0.3, 0.4) is 0 Å². The van der Waals surface area contributed by atoms with Gasteiger partial charge in [0, 0.05) is 0 Å². The van der Waals surface area contributed by atoms with Gasteiger partial charge in [0.15, 0.2) is 12.2 Å². The summed E-state index contributed by atoms with van der Waals surface area (Å²) in [5.74, 6) is 0.580. The van der Waals surface area contributed by atoms with E-state index in [2.05, 4.69) is 10.6 Å². The van der Waals surface area contributed by atoms with E-state index >= 15 is 0 Å². The highest BCUT2D eigenvalue weighted by Gasteiger charge is 2.19. The molecule has 0 heterocycles. The number of ether oxygens (including phenoxy) is 2. The minimum absolute atomic E-state index is 0.323. The Morgan fingerprint density at radius 2 is 0.969 bits per heavy atom. The molecule has 0 fully saturated rings. The van der Waals surface area contributed by atoms with E-state index in [0.717, 1.165) is 11.1 Å². The summed E-state index contributed by atoms with van der Waals surface area (Å²) in [6.07, 6.45) is -1.43. The van der Waals surface area contributed by atoms with Gasteiger partial charge in [-0.2, -0.15) is 0 Å². The normalized spacial score (nSPS) is 12.4. The topological polar surface area (TPSA) is 76.7 Å². The van der Waals surface area contributed by atoms with Gasteiger partial charge in [0.1, 0.15) is 11.5 Å². The average molecular weight is 433 g/mol. The van der Waals surface area contributed by atoms with Crippen LogP contribution in [0.5, 0.6) is 11.5 Å². The summed E-state index contributed by atoms with van der Waals surface area (Å²) >= 11 is 0. The van der Waals surface area contributed by atoms with Crippen LogP contribution in [0.15, 0.2) is 72.8 Å². The predicted octanol–water partition coefficient (Wildman–Crippen LogP) is 5.12. The fourth-order valence-corrected chi connectivity index (χ4v) is 2.92. The van der Waals surface area contributed by atoms with Crippen molar-refractivity contribution in [2.24, 2.45) is 0 Å². The highest BCUT2D eigenvalue weighted by atomic mass is 16.5. The Bertz CT molecular complexity index is 975. The van der Waals surface area contributed by atoms with Crippen LogP contribution in [0.25, 0.3) is 0 Å². The Kier molecular flexibility index (Phi) is 7.49. The van der Waals surface area contributed by atoms with Crippen molar-refractivity contribution in [2.75, 3.05) is 10.6 Å². The zero-order valence-electron chi connectivity index (χ0n) is 18.7. The molecule has 166 valence electrons. The van der Waals surface area contributed by atoms with Crippen molar-refractivity contribution in [3.05, 3.63) is 83.9 Å². The molecule has 0 spiro atoms. The summed E-state index contributed by atoms with van der Waals surface area (Å²) in [5.41, 5.74) is 3.18. The van der Waals surface area contributed by atoms with Crippen molar-refractivity contribution >= 4 is 23.2 Å². The van der Waals surface area contributed by atoms with Crippen molar-refractivity contribution < 1.29 is 19.1 Å². The molecular weight excluding hydrogens is 404 g/mol. The van der Waals surface area contributed by atoms with Crippen LogP contribution in [-0.4, -0.2) is 24.0 Å². The van der Waals surface area contributed by atoms with Crippen molar-refractivity contribution in [3.63, 3.8) is 0 Å². The van der Waals surface area contributed by atoms with E-state index in [1.54, 1.807) is 38.1 Å². The third-order valence-electron chi connectivity index (χ3n) is 4.85. The summed E-state index contributed by atoms with van der Waals surface area (Å²) < 4.78 is 11.4.